The molecule has 4 heteroatoms. The van der Waals surface area contributed by atoms with Gasteiger partial charge in [-0.2, -0.15) is 0 Å². The van der Waals surface area contributed by atoms with Crippen molar-refractivity contribution in [1.29, 1.82) is 0 Å². The molecule has 1 N–H and O–H groups in total. The van der Waals surface area contributed by atoms with Crippen LogP contribution in [0.1, 0.15) is 5.56 Å². The Kier molecular flexibility index (Phi) is 3.52. The summed E-state index contributed by atoms with van der Waals surface area (Å²) in [6.45, 7) is 5.00. The number of fused-ring (bicyclic) bond motifs is 1. The molecule has 0 aliphatic carbocycles. The van der Waals surface area contributed by atoms with Gasteiger partial charge >= 0.3 is 5.97 Å². The third-order valence-corrected chi connectivity index (χ3v) is 3.20. The zero-order chi connectivity index (χ0) is 12.4. The Morgan fingerprint density at radius 3 is 2.88 bits per heavy atom. The number of hydrogen-bond acceptors (Lipinski definition) is 2. The molecule has 0 aromatic heterocycles. The Balaban J connectivity index is 2.32. The van der Waals surface area contributed by atoms with E-state index in [0.29, 0.717) is 19.5 Å². The van der Waals surface area contributed by atoms with Gasteiger partial charge in [-0.3, -0.25) is 4.79 Å². The van der Waals surface area contributed by atoms with Crippen molar-refractivity contribution < 1.29 is 9.90 Å². The summed E-state index contributed by atoms with van der Waals surface area (Å²) in [5.41, 5.74) is 2.21. The highest BCUT2D eigenvalue weighted by Gasteiger charge is 2.28. The molecule has 1 heterocycles. The van der Waals surface area contributed by atoms with Crippen LogP contribution in [0, 0.1) is 5.92 Å². The van der Waals surface area contributed by atoms with Gasteiger partial charge in [0.05, 0.1) is 5.92 Å². The van der Waals surface area contributed by atoms with Gasteiger partial charge in [0, 0.05) is 23.3 Å². The lowest BCUT2D eigenvalue weighted by molar-refractivity contribution is -0.141. The summed E-state index contributed by atoms with van der Waals surface area (Å²) in [7, 11) is 0. The molecule has 0 amide bonds. The molecule has 0 fully saturated rings. The van der Waals surface area contributed by atoms with Crippen LogP contribution in [0.4, 0.5) is 5.69 Å². The first-order chi connectivity index (χ1) is 8.08. The van der Waals surface area contributed by atoms with E-state index in [9.17, 15) is 4.79 Å². The van der Waals surface area contributed by atoms with E-state index in [4.69, 9.17) is 5.11 Å². The molecule has 1 aliphatic rings. The maximum atomic E-state index is 11.1. The van der Waals surface area contributed by atoms with E-state index < -0.39 is 5.97 Å². The summed E-state index contributed by atoms with van der Waals surface area (Å²) in [6.07, 6.45) is 0.608. The molecule has 1 aliphatic heterocycles. The number of benzene rings is 1. The zero-order valence-corrected chi connectivity index (χ0v) is 11.0. The van der Waals surface area contributed by atoms with Gasteiger partial charge in [0.1, 0.15) is 0 Å². The second-order valence-corrected chi connectivity index (χ2v) is 5.39. The van der Waals surface area contributed by atoms with Crippen LogP contribution in [0.15, 0.2) is 35.3 Å². The fraction of sp³-hybridized carbons (Fsp3) is 0.308. The summed E-state index contributed by atoms with van der Waals surface area (Å²) in [5, 5.41) is 9.15. The van der Waals surface area contributed by atoms with E-state index in [1.54, 1.807) is 0 Å². The van der Waals surface area contributed by atoms with Gasteiger partial charge in [-0.05, 0) is 18.1 Å². The average molecular weight is 296 g/mol. The molecule has 0 saturated heterocycles. The van der Waals surface area contributed by atoms with Crippen molar-refractivity contribution in [3.63, 3.8) is 0 Å². The van der Waals surface area contributed by atoms with E-state index in [0.717, 1.165) is 15.7 Å². The quantitative estimate of drug-likeness (QED) is 0.932. The normalized spacial score (nSPS) is 18.6. The van der Waals surface area contributed by atoms with Gasteiger partial charge in [-0.25, -0.2) is 0 Å². The van der Waals surface area contributed by atoms with Gasteiger partial charge in [0.15, 0.2) is 0 Å². The fourth-order valence-electron chi connectivity index (χ4n) is 2.21. The van der Waals surface area contributed by atoms with E-state index in [1.165, 1.54) is 0 Å². The summed E-state index contributed by atoms with van der Waals surface area (Å²) in [4.78, 5) is 13.2. The summed E-state index contributed by atoms with van der Waals surface area (Å²) in [6, 6.07) is 7.95. The van der Waals surface area contributed by atoms with Crippen LogP contribution in [0.5, 0.6) is 0 Å². The summed E-state index contributed by atoms with van der Waals surface area (Å²) in [5.74, 6) is -1.07. The molecule has 0 spiro atoms. The number of halogens is 1. The van der Waals surface area contributed by atoms with Crippen molar-refractivity contribution in [1.82, 2.24) is 0 Å². The highest BCUT2D eigenvalue weighted by atomic mass is 79.9. The first-order valence-electron chi connectivity index (χ1n) is 5.47. The number of carboxylic acids is 1. The molecular weight excluding hydrogens is 282 g/mol. The molecule has 0 radical (unpaired) electrons. The minimum absolute atomic E-state index is 0.336. The second-order valence-electron chi connectivity index (χ2n) is 4.27. The van der Waals surface area contributed by atoms with Crippen molar-refractivity contribution in [2.75, 3.05) is 18.0 Å². The van der Waals surface area contributed by atoms with E-state index in [-0.39, 0.29) is 5.92 Å². The number of anilines is 1. The third kappa shape index (κ3) is 2.69. The minimum Gasteiger partial charge on any atom is -0.481 e. The van der Waals surface area contributed by atoms with E-state index in [2.05, 4.69) is 27.4 Å². The Bertz CT molecular complexity index is 458. The predicted molar refractivity (Wildman–Crippen MR) is 71.6 cm³/mol. The van der Waals surface area contributed by atoms with Crippen LogP contribution in [0.3, 0.4) is 0 Å². The molecule has 90 valence electrons. The first kappa shape index (κ1) is 12.2. The lowest BCUT2D eigenvalue weighted by atomic mass is 9.92. The number of carbonyl (C=O) groups is 1. The van der Waals surface area contributed by atoms with Crippen LogP contribution >= 0.6 is 15.9 Å². The molecule has 2 rings (SSSR count). The van der Waals surface area contributed by atoms with Crippen molar-refractivity contribution in [3.8, 4) is 0 Å². The standard InChI is InChI=1S/C13H14BrNO2/c1-9(14)7-15-8-11(13(16)17)6-10-4-2-3-5-12(10)15/h2-5,11H,1,6-8H2,(H,16,17). The lowest BCUT2D eigenvalue weighted by Crippen LogP contribution is -2.39. The molecule has 0 saturated carbocycles. The highest BCUT2D eigenvalue weighted by molar-refractivity contribution is 9.11. The van der Waals surface area contributed by atoms with Crippen molar-refractivity contribution in [2.45, 2.75) is 6.42 Å². The number of para-hydroxylation sites is 1. The highest BCUT2D eigenvalue weighted by Crippen LogP contribution is 2.30. The predicted octanol–water partition coefficient (Wildman–Crippen LogP) is 2.66. The SMILES string of the molecule is C=C(Br)CN1CC(C(=O)O)Cc2ccccc21. The molecule has 0 bridgehead atoms. The Morgan fingerprint density at radius 1 is 1.53 bits per heavy atom. The third-order valence-electron chi connectivity index (χ3n) is 2.95. The van der Waals surface area contributed by atoms with Crippen LogP contribution < -0.4 is 4.90 Å². The molecule has 1 aromatic carbocycles. The van der Waals surface area contributed by atoms with Crippen molar-refractivity contribution in [2.24, 2.45) is 5.92 Å². The minimum atomic E-state index is -0.732. The Labute approximate surface area is 109 Å². The maximum Gasteiger partial charge on any atom is 0.308 e. The largest absolute Gasteiger partial charge is 0.481 e. The molecule has 3 nitrogen and oxygen atoms in total. The number of rotatable bonds is 3. The smallest absolute Gasteiger partial charge is 0.308 e. The second kappa shape index (κ2) is 4.92. The van der Waals surface area contributed by atoms with Gasteiger partial charge in [-0.15, -0.1) is 0 Å². The van der Waals surface area contributed by atoms with Crippen molar-refractivity contribution >= 4 is 27.6 Å². The van der Waals surface area contributed by atoms with Crippen LogP contribution in [-0.4, -0.2) is 24.2 Å². The fourth-order valence-corrected chi connectivity index (χ4v) is 2.51. The number of hydrogen-bond donors (Lipinski definition) is 1. The zero-order valence-electron chi connectivity index (χ0n) is 9.40. The van der Waals surface area contributed by atoms with Crippen LogP contribution in [0.25, 0.3) is 0 Å². The van der Waals surface area contributed by atoms with Gasteiger partial charge in [0.2, 0.25) is 0 Å². The molecule has 17 heavy (non-hydrogen) atoms. The number of carboxylic acid groups (broad SMARTS) is 1. The molecular formula is C13H14BrNO2. The molecule has 1 atom stereocenters. The van der Waals surface area contributed by atoms with Crippen LogP contribution in [0.2, 0.25) is 0 Å². The monoisotopic (exact) mass is 295 g/mol. The number of nitrogens with zero attached hydrogens (tertiary/aromatic N) is 1. The Hall–Kier alpha value is -1.29. The molecule has 1 unspecified atom stereocenters. The van der Waals surface area contributed by atoms with Gasteiger partial charge in [0.25, 0.3) is 0 Å². The molecule has 1 aromatic rings. The maximum absolute atomic E-state index is 11.1. The van der Waals surface area contributed by atoms with Crippen LogP contribution in [-0.2, 0) is 11.2 Å². The topological polar surface area (TPSA) is 40.5 Å². The van der Waals surface area contributed by atoms with Crippen molar-refractivity contribution in [3.05, 3.63) is 40.9 Å². The number of aliphatic carboxylic acids is 1. The van der Waals surface area contributed by atoms with E-state index >= 15 is 0 Å². The Morgan fingerprint density at radius 2 is 2.24 bits per heavy atom. The van der Waals surface area contributed by atoms with E-state index in [1.807, 2.05) is 24.3 Å². The summed E-state index contributed by atoms with van der Waals surface area (Å²) >= 11 is 3.34. The summed E-state index contributed by atoms with van der Waals surface area (Å²) < 4.78 is 0.860. The average Bonchev–Trinajstić information content (AvgIpc) is 2.28. The van der Waals surface area contributed by atoms with Gasteiger partial charge in [-0.1, -0.05) is 40.7 Å². The first-order valence-corrected chi connectivity index (χ1v) is 6.26. The lowest BCUT2D eigenvalue weighted by Gasteiger charge is -2.34. The van der Waals surface area contributed by atoms with Gasteiger partial charge < -0.3 is 10.0 Å².